The monoisotopic (exact) mass is 680 g/mol. The number of methoxy groups -OCH3 is 1. The number of aryl methyl sites for hydroxylation is 1. The van der Waals surface area contributed by atoms with Crippen molar-refractivity contribution in [3.05, 3.63) is 60.0 Å². The number of ether oxygens (including phenoxy) is 1. The molecule has 2 saturated heterocycles. The molecule has 47 heavy (non-hydrogen) atoms. The van der Waals surface area contributed by atoms with Crippen molar-refractivity contribution in [2.75, 3.05) is 74.1 Å². The molecule has 0 bridgehead atoms. The van der Waals surface area contributed by atoms with E-state index in [1.165, 1.54) is 12.1 Å². The molecule has 2 fully saturated rings. The molecular formula is C33H41FN8O3S2. The second-order valence-electron chi connectivity index (χ2n) is 12.0. The van der Waals surface area contributed by atoms with Crippen LogP contribution in [-0.4, -0.2) is 98.4 Å². The summed E-state index contributed by atoms with van der Waals surface area (Å²) >= 11 is 1.16. The average molecular weight is 681 g/mol. The summed E-state index contributed by atoms with van der Waals surface area (Å²) in [5, 5.41) is 3.53. The van der Waals surface area contributed by atoms with Crippen LogP contribution in [0.4, 0.5) is 26.8 Å². The Hall–Kier alpha value is -3.85. The van der Waals surface area contributed by atoms with E-state index in [1.54, 1.807) is 38.4 Å². The molecule has 11 nitrogen and oxygen atoms in total. The molecule has 0 atom stereocenters. The first kappa shape index (κ1) is 33.1. The quantitative estimate of drug-likeness (QED) is 0.224. The number of sulfonamides is 1. The standard InChI is InChI=1S/C33H41FN8O3S2/c1-5-47(43,44)39-33-38-30(23-6-8-24(34)9-7-23)31(46-33)26-10-13-35-32(36-26)37-27-20-22(2)28(21-29(27)45-4)42-14-11-25(12-15-42)41-18-16-40(3)17-19-41/h6-10,13,20-21,25H,5,11-12,14-19H2,1-4H3,(H,38,39)(H,35,36,37). The summed E-state index contributed by atoms with van der Waals surface area (Å²) in [5.41, 5.74) is 4.68. The van der Waals surface area contributed by atoms with Crippen molar-refractivity contribution in [3.8, 4) is 27.6 Å². The summed E-state index contributed by atoms with van der Waals surface area (Å²) in [5.74, 6) is 0.554. The fourth-order valence-electron chi connectivity index (χ4n) is 6.16. The zero-order valence-electron chi connectivity index (χ0n) is 27.2. The first-order valence-electron chi connectivity index (χ1n) is 15.9. The first-order valence-corrected chi connectivity index (χ1v) is 18.3. The topological polar surface area (TPSA) is 116 Å². The molecule has 2 aromatic heterocycles. The zero-order chi connectivity index (χ0) is 33.1. The lowest BCUT2D eigenvalue weighted by atomic mass is 10.0. The van der Waals surface area contributed by atoms with Gasteiger partial charge in [-0.15, -0.1) is 0 Å². The molecule has 0 unspecified atom stereocenters. The number of nitrogens with one attached hydrogen (secondary N) is 2. The van der Waals surface area contributed by atoms with Crippen molar-refractivity contribution in [3.63, 3.8) is 0 Å². The summed E-state index contributed by atoms with van der Waals surface area (Å²) in [6.07, 6.45) is 3.92. The smallest absolute Gasteiger partial charge is 0.234 e. The number of anilines is 4. The van der Waals surface area contributed by atoms with Gasteiger partial charge in [-0.2, -0.15) is 0 Å². The number of rotatable bonds is 10. The maximum atomic E-state index is 13.7. The lowest BCUT2D eigenvalue weighted by Gasteiger charge is -2.43. The van der Waals surface area contributed by atoms with E-state index < -0.39 is 10.0 Å². The molecular weight excluding hydrogens is 640 g/mol. The maximum absolute atomic E-state index is 13.7. The molecule has 2 aliphatic heterocycles. The highest BCUT2D eigenvalue weighted by atomic mass is 32.2. The van der Waals surface area contributed by atoms with E-state index in [1.807, 2.05) is 0 Å². The highest BCUT2D eigenvalue weighted by molar-refractivity contribution is 7.92. The molecule has 0 amide bonds. The minimum Gasteiger partial charge on any atom is -0.494 e. The van der Waals surface area contributed by atoms with E-state index in [-0.39, 0.29) is 16.7 Å². The number of halogens is 1. The summed E-state index contributed by atoms with van der Waals surface area (Å²) in [4.78, 5) is 21.9. The largest absolute Gasteiger partial charge is 0.494 e. The third kappa shape index (κ3) is 7.67. The van der Waals surface area contributed by atoms with Gasteiger partial charge in [0.2, 0.25) is 16.0 Å². The van der Waals surface area contributed by atoms with Crippen LogP contribution in [-0.2, 0) is 10.0 Å². The molecule has 0 spiro atoms. The van der Waals surface area contributed by atoms with Gasteiger partial charge in [-0.05, 0) is 75.7 Å². The average Bonchev–Trinajstić information content (AvgIpc) is 3.49. The Morgan fingerprint density at radius 2 is 1.74 bits per heavy atom. The van der Waals surface area contributed by atoms with E-state index in [4.69, 9.17) is 9.72 Å². The summed E-state index contributed by atoms with van der Waals surface area (Å²) in [7, 11) is 0.294. The van der Waals surface area contributed by atoms with Crippen LogP contribution >= 0.6 is 11.3 Å². The third-order valence-corrected chi connectivity index (χ3v) is 11.3. The molecule has 0 radical (unpaired) electrons. The normalized spacial score (nSPS) is 16.7. The van der Waals surface area contributed by atoms with E-state index in [0.717, 1.165) is 80.4 Å². The summed E-state index contributed by atoms with van der Waals surface area (Å²) < 4.78 is 46.7. The number of benzene rings is 2. The van der Waals surface area contributed by atoms with Gasteiger partial charge in [0.1, 0.15) is 11.6 Å². The van der Waals surface area contributed by atoms with Crippen molar-refractivity contribution in [1.29, 1.82) is 0 Å². The number of piperidine rings is 1. The van der Waals surface area contributed by atoms with Gasteiger partial charge in [-0.3, -0.25) is 9.62 Å². The highest BCUT2D eigenvalue weighted by Crippen LogP contribution is 2.40. The second kappa shape index (κ2) is 14.1. The van der Waals surface area contributed by atoms with Crippen LogP contribution in [0.1, 0.15) is 25.3 Å². The van der Waals surface area contributed by atoms with E-state index >= 15 is 0 Å². The van der Waals surface area contributed by atoms with E-state index in [9.17, 15) is 12.8 Å². The van der Waals surface area contributed by atoms with Gasteiger partial charge < -0.3 is 19.9 Å². The molecule has 0 saturated carbocycles. The molecule has 4 aromatic rings. The van der Waals surface area contributed by atoms with Crippen molar-refractivity contribution in [1.82, 2.24) is 24.8 Å². The van der Waals surface area contributed by atoms with Crippen LogP contribution in [0.25, 0.3) is 21.8 Å². The molecule has 14 heteroatoms. The second-order valence-corrected chi connectivity index (χ2v) is 15.0. The summed E-state index contributed by atoms with van der Waals surface area (Å²) in [6, 6.07) is 12.4. The lowest BCUT2D eigenvalue weighted by molar-refractivity contribution is 0.0982. The Bertz CT molecular complexity index is 1800. The minimum absolute atomic E-state index is 0.0930. The van der Waals surface area contributed by atoms with Gasteiger partial charge in [0.15, 0.2) is 5.13 Å². The van der Waals surface area contributed by atoms with E-state index in [2.05, 4.69) is 60.8 Å². The molecule has 4 heterocycles. The van der Waals surface area contributed by atoms with Crippen molar-refractivity contribution < 1.29 is 17.5 Å². The third-order valence-electron chi connectivity index (χ3n) is 8.88. The molecule has 2 aliphatic rings. The molecule has 6 rings (SSSR count). The van der Waals surface area contributed by atoms with Crippen molar-refractivity contribution >= 4 is 43.8 Å². The molecule has 250 valence electrons. The van der Waals surface area contributed by atoms with Crippen LogP contribution in [0.3, 0.4) is 0 Å². The predicted molar refractivity (Wildman–Crippen MR) is 187 cm³/mol. The number of thiazole rings is 1. The van der Waals surface area contributed by atoms with Gasteiger partial charge in [0.05, 0.1) is 34.8 Å². The minimum atomic E-state index is -3.56. The number of nitrogens with zero attached hydrogens (tertiary/aromatic N) is 6. The Morgan fingerprint density at radius 1 is 1.02 bits per heavy atom. The predicted octanol–water partition coefficient (Wildman–Crippen LogP) is 5.44. The maximum Gasteiger partial charge on any atom is 0.234 e. The highest BCUT2D eigenvalue weighted by Gasteiger charge is 2.28. The fraction of sp³-hybridized carbons (Fsp3) is 0.424. The zero-order valence-corrected chi connectivity index (χ0v) is 28.8. The van der Waals surface area contributed by atoms with Gasteiger partial charge in [-0.1, -0.05) is 11.3 Å². The summed E-state index contributed by atoms with van der Waals surface area (Å²) in [6.45, 7) is 10.2. The number of hydrogen-bond donors (Lipinski definition) is 2. The number of piperazine rings is 1. The number of aromatic nitrogens is 3. The Kier molecular flexibility index (Phi) is 9.92. The Balaban J connectivity index is 1.23. The molecule has 2 N–H and O–H groups in total. The van der Waals surface area contributed by atoms with Crippen molar-refractivity contribution in [2.24, 2.45) is 0 Å². The Labute approximate surface area is 279 Å². The molecule has 2 aromatic carbocycles. The van der Waals surface area contributed by atoms with Crippen LogP contribution in [0, 0.1) is 12.7 Å². The molecule has 0 aliphatic carbocycles. The van der Waals surface area contributed by atoms with Gasteiger partial charge in [-0.25, -0.2) is 27.8 Å². The van der Waals surface area contributed by atoms with Gasteiger partial charge >= 0.3 is 0 Å². The van der Waals surface area contributed by atoms with Crippen LogP contribution < -0.4 is 19.7 Å². The Morgan fingerprint density at radius 3 is 2.43 bits per heavy atom. The van der Waals surface area contributed by atoms with Gasteiger partial charge in [0, 0.05) is 68.8 Å². The number of likely N-dealkylation sites (N-methyl/N-ethyl adjacent to an activating group) is 1. The fourth-order valence-corrected chi connectivity index (χ4v) is 7.97. The SMILES string of the molecule is CCS(=O)(=O)Nc1nc(-c2ccc(F)cc2)c(-c2ccnc(Nc3cc(C)c(N4CCC(N5CCN(C)CC5)CC4)cc3OC)n2)s1. The van der Waals surface area contributed by atoms with Crippen molar-refractivity contribution in [2.45, 2.75) is 32.7 Å². The van der Waals surface area contributed by atoms with Crippen LogP contribution in [0.5, 0.6) is 5.75 Å². The van der Waals surface area contributed by atoms with Crippen LogP contribution in [0.2, 0.25) is 0 Å². The van der Waals surface area contributed by atoms with Gasteiger partial charge in [0.25, 0.3) is 0 Å². The van der Waals surface area contributed by atoms with E-state index in [0.29, 0.717) is 39.6 Å². The van der Waals surface area contributed by atoms with Crippen LogP contribution in [0.15, 0.2) is 48.7 Å². The number of hydrogen-bond acceptors (Lipinski definition) is 11. The first-order chi connectivity index (χ1) is 22.6. The lowest BCUT2D eigenvalue weighted by Crippen LogP contribution is -2.52.